The largest absolute Gasteiger partial charge is 0.384 e. The molecule has 2 N–H and O–H groups in total. The lowest BCUT2D eigenvalue weighted by Crippen LogP contribution is -2.51. The number of hydrogen-bond donors (Lipinski definition) is 2. The van der Waals surface area contributed by atoms with Crippen LogP contribution >= 0.6 is 12.4 Å². The Morgan fingerprint density at radius 3 is 2.63 bits per heavy atom. The van der Waals surface area contributed by atoms with Gasteiger partial charge in [0.25, 0.3) is 5.91 Å². The molecule has 27 heavy (non-hydrogen) atoms. The maximum absolute atomic E-state index is 12.8. The highest BCUT2D eigenvalue weighted by atomic mass is 35.5. The summed E-state index contributed by atoms with van der Waals surface area (Å²) in [5.41, 5.74) is 0.629. The molecule has 0 aromatic heterocycles. The lowest BCUT2D eigenvalue weighted by atomic mass is 9.79. The first kappa shape index (κ1) is 21.7. The minimum Gasteiger partial charge on any atom is -0.384 e. The third kappa shape index (κ3) is 5.21. The number of ether oxygens (including phenoxy) is 1. The van der Waals surface area contributed by atoms with E-state index in [4.69, 9.17) is 4.74 Å². The number of nitrogens with one attached hydrogen (secondary N) is 2. The summed E-state index contributed by atoms with van der Waals surface area (Å²) >= 11 is 0. The van der Waals surface area contributed by atoms with Crippen LogP contribution in [0.3, 0.4) is 0 Å². The van der Waals surface area contributed by atoms with Gasteiger partial charge in [0.1, 0.15) is 6.04 Å². The fraction of sp³-hybridized carbons (Fsp3) is 0.600. The Bertz CT molecular complexity index is 615. The molecule has 1 aromatic rings. The Hall–Kier alpha value is -1.63. The number of rotatable bonds is 6. The molecule has 2 aliphatic rings. The number of carbonyl (C=O) groups excluding carboxylic acids is 2. The van der Waals surface area contributed by atoms with Gasteiger partial charge in [0.05, 0.1) is 6.61 Å². The smallest absolute Gasteiger partial charge is 0.254 e. The van der Waals surface area contributed by atoms with Gasteiger partial charge in [0, 0.05) is 31.2 Å². The van der Waals surface area contributed by atoms with Crippen LogP contribution in [0.5, 0.6) is 0 Å². The predicted octanol–water partition coefficient (Wildman–Crippen LogP) is 1.85. The van der Waals surface area contributed by atoms with E-state index in [-0.39, 0.29) is 35.7 Å². The molecule has 0 radical (unpaired) electrons. The molecular formula is C20H30ClN3O3. The molecule has 0 bridgehead atoms. The second-order valence-corrected chi connectivity index (χ2v) is 7.42. The van der Waals surface area contributed by atoms with Crippen molar-refractivity contribution in [2.45, 2.75) is 31.7 Å². The fourth-order valence-electron chi connectivity index (χ4n) is 4.06. The normalized spacial score (nSPS) is 21.4. The predicted molar refractivity (Wildman–Crippen MR) is 107 cm³/mol. The Morgan fingerprint density at radius 2 is 1.96 bits per heavy atom. The third-order valence-corrected chi connectivity index (χ3v) is 5.59. The number of methoxy groups -OCH3 is 1. The molecule has 1 atom stereocenters. The number of carbonyl (C=O) groups is 2. The van der Waals surface area contributed by atoms with Gasteiger partial charge in [-0.05, 0) is 50.9 Å². The molecule has 0 aliphatic carbocycles. The second-order valence-electron chi connectivity index (χ2n) is 7.42. The van der Waals surface area contributed by atoms with E-state index in [1.165, 1.54) is 0 Å². The number of benzene rings is 1. The average Bonchev–Trinajstić information content (AvgIpc) is 3.17. The van der Waals surface area contributed by atoms with Crippen molar-refractivity contribution in [1.82, 2.24) is 15.5 Å². The van der Waals surface area contributed by atoms with E-state index in [2.05, 4.69) is 10.6 Å². The fourth-order valence-corrected chi connectivity index (χ4v) is 4.06. The summed E-state index contributed by atoms with van der Waals surface area (Å²) in [6.45, 7) is 3.78. The average molecular weight is 396 g/mol. The van der Waals surface area contributed by atoms with Crippen LogP contribution in [0.4, 0.5) is 0 Å². The standard InChI is InChI=1S/C20H29N3O3.ClH/c1-26-15-20(9-11-21-12-10-20)14-22-18(24)17-8-5-13-23(17)19(25)16-6-3-2-4-7-16;/h2-4,6-7,17,21H,5,8-15H2,1H3,(H,22,24);1H. The molecule has 0 saturated carbocycles. The highest BCUT2D eigenvalue weighted by Crippen LogP contribution is 2.28. The van der Waals surface area contributed by atoms with Gasteiger partial charge in [-0.1, -0.05) is 18.2 Å². The maximum atomic E-state index is 12.8. The van der Waals surface area contributed by atoms with Crippen molar-refractivity contribution >= 4 is 24.2 Å². The molecule has 7 heteroatoms. The minimum atomic E-state index is -0.371. The van der Waals surface area contributed by atoms with Crippen molar-refractivity contribution in [2.75, 3.05) is 39.9 Å². The number of nitrogens with zero attached hydrogens (tertiary/aromatic N) is 1. The summed E-state index contributed by atoms with van der Waals surface area (Å²) in [7, 11) is 1.71. The lowest BCUT2D eigenvalue weighted by molar-refractivity contribution is -0.125. The zero-order valence-electron chi connectivity index (χ0n) is 15.9. The van der Waals surface area contributed by atoms with Gasteiger partial charge in [-0.15, -0.1) is 12.4 Å². The number of piperidine rings is 1. The summed E-state index contributed by atoms with van der Waals surface area (Å²) in [6, 6.07) is 8.83. The zero-order valence-corrected chi connectivity index (χ0v) is 16.7. The third-order valence-electron chi connectivity index (χ3n) is 5.59. The number of amides is 2. The van der Waals surface area contributed by atoms with Gasteiger partial charge in [-0.3, -0.25) is 9.59 Å². The molecule has 2 aliphatic heterocycles. The van der Waals surface area contributed by atoms with Crippen LogP contribution in [0.2, 0.25) is 0 Å². The van der Waals surface area contributed by atoms with Crippen molar-refractivity contribution in [1.29, 1.82) is 0 Å². The second kappa shape index (κ2) is 10.1. The summed E-state index contributed by atoms with van der Waals surface area (Å²) in [5, 5.41) is 6.48. The lowest BCUT2D eigenvalue weighted by Gasteiger charge is -2.37. The molecule has 2 amide bonds. The summed E-state index contributed by atoms with van der Waals surface area (Å²) < 4.78 is 5.42. The first-order valence-corrected chi connectivity index (χ1v) is 9.49. The van der Waals surface area contributed by atoms with Crippen LogP contribution in [0.15, 0.2) is 30.3 Å². The van der Waals surface area contributed by atoms with Crippen LogP contribution in [-0.2, 0) is 9.53 Å². The Morgan fingerprint density at radius 1 is 1.26 bits per heavy atom. The molecule has 1 aromatic carbocycles. The minimum absolute atomic E-state index is 0. The van der Waals surface area contributed by atoms with Gasteiger partial charge >= 0.3 is 0 Å². The van der Waals surface area contributed by atoms with Gasteiger partial charge in [0.2, 0.25) is 5.91 Å². The van der Waals surface area contributed by atoms with Crippen molar-refractivity contribution in [3.63, 3.8) is 0 Å². The first-order chi connectivity index (χ1) is 12.7. The molecule has 0 spiro atoms. The summed E-state index contributed by atoms with van der Waals surface area (Å²) in [6.07, 6.45) is 3.56. The molecule has 3 rings (SSSR count). The number of halogens is 1. The van der Waals surface area contributed by atoms with Gasteiger partial charge in [-0.25, -0.2) is 0 Å². The van der Waals surface area contributed by atoms with E-state index in [1.54, 1.807) is 24.1 Å². The molecule has 2 saturated heterocycles. The summed E-state index contributed by atoms with van der Waals surface area (Å²) in [4.78, 5) is 27.3. The van der Waals surface area contributed by atoms with E-state index in [0.29, 0.717) is 25.3 Å². The van der Waals surface area contributed by atoms with E-state index >= 15 is 0 Å². The van der Waals surface area contributed by atoms with Crippen molar-refractivity contribution in [3.8, 4) is 0 Å². The zero-order chi connectivity index (χ0) is 18.4. The first-order valence-electron chi connectivity index (χ1n) is 9.49. The van der Waals surface area contributed by atoms with Crippen molar-refractivity contribution < 1.29 is 14.3 Å². The number of hydrogen-bond acceptors (Lipinski definition) is 4. The highest BCUT2D eigenvalue weighted by molar-refractivity contribution is 5.97. The van der Waals surface area contributed by atoms with E-state index in [0.717, 1.165) is 38.8 Å². The Kier molecular flexibility index (Phi) is 8.07. The van der Waals surface area contributed by atoms with E-state index < -0.39 is 0 Å². The highest BCUT2D eigenvalue weighted by Gasteiger charge is 2.37. The van der Waals surface area contributed by atoms with Crippen LogP contribution in [-0.4, -0.2) is 62.7 Å². The van der Waals surface area contributed by atoms with Crippen LogP contribution in [0, 0.1) is 5.41 Å². The molecule has 6 nitrogen and oxygen atoms in total. The molecular weight excluding hydrogens is 366 g/mol. The van der Waals surface area contributed by atoms with Gasteiger partial charge < -0.3 is 20.3 Å². The topological polar surface area (TPSA) is 70.7 Å². The van der Waals surface area contributed by atoms with E-state index in [1.807, 2.05) is 18.2 Å². The quantitative estimate of drug-likeness (QED) is 0.771. The Balaban J connectivity index is 0.00000261. The monoisotopic (exact) mass is 395 g/mol. The van der Waals surface area contributed by atoms with Crippen LogP contribution < -0.4 is 10.6 Å². The SMILES string of the molecule is COCC1(CNC(=O)C2CCCN2C(=O)c2ccccc2)CCNCC1.Cl. The van der Waals surface area contributed by atoms with Gasteiger partial charge in [-0.2, -0.15) is 0 Å². The molecule has 150 valence electrons. The molecule has 1 unspecified atom stereocenters. The van der Waals surface area contributed by atoms with Gasteiger partial charge in [0.15, 0.2) is 0 Å². The molecule has 2 fully saturated rings. The maximum Gasteiger partial charge on any atom is 0.254 e. The van der Waals surface area contributed by atoms with Crippen molar-refractivity contribution in [3.05, 3.63) is 35.9 Å². The van der Waals surface area contributed by atoms with Crippen LogP contribution in [0.1, 0.15) is 36.0 Å². The number of likely N-dealkylation sites (tertiary alicyclic amines) is 1. The molecule has 2 heterocycles. The van der Waals surface area contributed by atoms with Crippen LogP contribution in [0.25, 0.3) is 0 Å². The summed E-state index contributed by atoms with van der Waals surface area (Å²) in [5.74, 6) is -0.0995. The Labute approximate surface area is 167 Å². The van der Waals surface area contributed by atoms with Crippen molar-refractivity contribution in [2.24, 2.45) is 5.41 Å². The van der Waals surface area contributed by atoms with E-state index in [9.17, 15) is 9.59 Å².